The van der Waals surface area contributed by atoms with Gasteiger partial charge in [-0.25, -0.2) is 14.1 Å². The van der Waals surface area contributed by atoms with E-state index in [0.29, 0.717) is 28.8 Å². The van der Waals surface area contributed by atoms with E-state index in [1.165, 1.54) is 23.5 Å². The number of thiazole rings is 1. The van der Waals surface area contributed by atoms with Gasteiger partial charge in [-0.1, -0.05) is 12.1 Å². The molecule has 0 radical (unpaired) electrons. The van der Waals surface area contributed by atoms with Gasteiger partial charge in [0.1, 0.15) is 5.82 Å². The van der Waals surface area contributed by atoms with Crippen molar-refractivity contribution in [3.63, 3.8) is 0 Å². The van der Waals surface area contributed by atoms with Gasteiger partial charge in [0.15, 0.2) is 11.0 Å². The van der Waals surface area contributed by atoms with Crippen LogP contribution in [0.1, 0.15) is 17.3 Å². The molecule has 28 heavy (non-hydrogen) atoms. The van der Waals surface area contributed by atoms with E-state index in [-0.39, 0.29) is 11.7 Å². The monoisotopic (exact) mass is 394 g/mol. The van der Waals surface area contributed by atoms with Crippen molar-refractivity contribution in [3.8, 4) is 22.6 Å². The van der Waals surface area contributed by atoms with Crippen LogP contribution in [0, 0.1) is 5.82 Å². The SMILES string of the molecule is CCn1nnnc1-c1cccc(C(=O)Nc2nc(-c3ccc(F)cc3)cs2)c1. The van der Waals surface area contributed by atoms with E-state index < -0.39 is 0 Å². The van der Waals surface area contributed by atoms with Crippen molar-refractivity contribution in [2.75, 3.05) is 5.32 Å². The molecular formula is C19H15FN6OS. The second-order valence-electron chi connectivity index (χ2n) is 5.90. The smallest absolute Gasteiger partial charge is 0.257 e. The van der Waals surface area contributed by atoms with Gasteiger partial charge < -0.3 is 0 Å². The normalized spacial score (nSPS) is 10.8. The van der Waals surface area contributed by atoms with Gasteiger partial charge in [0.05, 0.1) is 5.69 Å². The highest BCUT2D eigenvalue weighted by atomic mass is 32.1. The maximum Gasteiger partial charge on any atom is 0.257 e. The van der Waals surface area contributed by atoms with Gasteiger partial charge in [0, 0.05) is 28.6 Å². The first-order valence-corrected chi connectivity index (χ1v) is 9.41. The molecule has 0 spiro atoms. The molecule has 0 bridgehead atoms. The Morgan fingerprint density at radius 1 is 1.18 bits per heavy atom. The minimum atomic E-state index is -0.304. The van der Waals surface area contributed by atoms with Crippen LogP contribution in [0.2, 0.25) is 0 Å². The predicted molar refractivity (Wildman–Crippen MR) is 104 cm³/mol. The third-order valence-corrected chi connectivity index (χ3v) is 4.84. The summed E-state index contributed by atoms with van der Waals surface area (Å²) in [6.07, 6.45) is 0. The van der Waals surface area contributed by atoms with Crippen LogP contribution in [-0.4, -0.2) is 31.1 Å². The highest BCUT2D eigenvalue weighted by molar-refractivity contribution is 7.14. The second-order valence-corrected chi connectivity index (χ2v) is 6.76. The van der Waals surface area contributed by atoms with Gasteiger partial charge in [0.2, 0.25) is 0 Å². The lowest BCUT2D eigenvalue weighted by molar-refractivity contribution is 0.102. The summed E-state index contributed by atoms with van der Waals surface area (Å²) in [6.45, 7) is 2.57. The summed E-state index contributed by atoms with van der Waals surface area (Å²) in [5.41, 5.74) is 2.69. The average molecular weight is 394 g/mol. The summed E-state index contributed by atoms with van der Waals surface area (Å²) in [7, 11) is 0. The molecule has 4 aromatic rings. The van der Waals surface area contributed by atoms with E-state index in [9.17, 15) is 9.18 Å². The molecule has 2 aromatic heterocycles. The Morgan fingerprint density at radius 3 is 2.79 bits per heavy atom. The number of benzene rings is 2. The van der Waals surface area contributed by atoms with Crippen molar-refractivity contribution in [3.05, 3.63) is 65.3 Å². The molecule has 7 nitrogen and oxygen atoms in total. The summed E-state index contributed by atoms with van der Waals surface area (Å²) < 4.78 is 14.7. The number of rotatable bonds is 5. The average Bonchev–Trinajstić information content (AvgIpc) is 3.38. The maximum absolute atomic E-state index is 13.1. The fourth-order valence-corrected chi connectivity index (χ4v) is 3.39. The molecule has 2 aromatic carbocycles. The van der Waals surface area contributed by atoms with Crippen LogP contribution in [-0.2, 0) is 6.54 Å². The molecule has 2 heterocycles. The number of nitrogens with one attached hydrogen (secondary N) is 1. The van der Waals surface area contributed by atoms with Crippen LogP contribution in [0.25, 0.3) is 22.6 Å². The number of hydrogen-bond donors (Lipinski definition) is 1. The van der Waals surface area contributed by atoms with Crippen LogP contribution >= 0.6 is 11.3 Å². The Balaban J connectivity index is 1.53. The van der Waals surface area contributed by atoms with Crippen LogP contribution in [0.4, 0.5) is 9.52 Å². The first-order valence-electron chi connectivity index (χ1n) is 8.53. The molecule has 0 atom stereocenters. The van der Waals surface area contributed by atoms with Gasteiger partial charge in [-0.2, -0.15) is 0 Å². The highest BCUT2D eigenvalue weighted by Gasteiger charge is 2.13. The number of halogens is 1. The Labute approximate surface area is 163 Å². The van der Waals surface area contributed by atoms with Crippen molar-refractivity contribution in [1.82, 2.24) is 25.2 Å². The molecule has 0 aliphatic carbocycles. The molecule has 0 aliphatic heterocycles. The van der Waals surface area contributed by atoms with Gasteiger partial charge in [-0.15, -0.1) is 16.4 Å². The van der Waals surface area contributed by atoms with Crippen LogP contribution in [0.15, 0.2) is 53.9 Å². The molecule has 0 aliphatic rings. The van der Waals surface area contributed by atoms with Crippen LogP contribution < -0.4 is 5.32 Å². The quantitative estimate of drug-likeness (QED) is 0.555. The lowest BCUT2D eigenvalue weighted by atomic mass is 10.1. The Bertz CT molecular complexity index is 1120. The van der Waals surface area contributed by atoms with Crippen LogP contribution in [0.3, 0.4) is 0 Å². The highest BCUT2D eigenvalue weighted by Crippen LogP contribution is 2.26. The molecule has 4 rings (SSSR count). The predicted octanol–water partition coefficient (Wildman–Crippen LogP) is 3.87. The number of anilines is 1. The minimum Gasteiger partial charge on any atom is -0.298 e. The first kappa shape index (κ1) is 17.9. The van der Waals surface area contributed by atoms with Gasteiger partial charge in [-0.3, -0.25) is 10.1 Å². The van der Waals surface area contributed by atoms with Gasteiger partial charge in [0.25, 0.3) is 5.91 Å². The van der Waals surface area contributed by atoms with Crippen molar-refractivity contribution in [1.29, 1.82) is 0 Å². The van der Waals surface area contributed by atoms with E-state index in [1.54, 1.807) is 35.0 Å². The number of carbonyl (C=O) groups is 1. The minimum absolute atomic E-state index is 0.280. The lowest BCUT2D eigenvalue weighted by Crippen LogP contribution is -2.12. The largest absolute Gasteiger partial charge is 0.298 e. The molecule has 0 saturated carbocycles. The summed E-state index contributed by atoms with van der Waals surface area (Å²) >= 11 is 1.31. The molecule has 9 heteroatoms. The molecule has 0 saturated heterocycles. The van der Waals surface area contributed by atoms with E-state index >= 15 is 0 Å². The molecule has 0 fully saturated rings. The number of amides is 1. The summed E-state index contributed by atoms with van der Waals surface area (Å²) in [4.78, 5) is 17.0. The number of aromatic nitrogens is 5. The number of nitrogens with zero attached hydrogens (tertiary/aromatic N) is 5. The number of hydrogen-bond acceptors (Lipinski definition) is 6. The molecular weight excluding hydrogens is 379 g/mol. The van der Waals surface area contributed by atoms with Crippen molar-refractivity contribution >= 4 is 22.4 Å². The summed E-state index contributed by atoms with van der Waals surface area (Å²) in [5.74, 6) is 0.0175. The van der Waals surface area contributed by atoms with Gasteiger partial charge >= 0.3 is 0 Å². The Morgan fingerprint density at radius 2 is 2.00 bits per heavy atom. The second kappa shape index (κ2) is 7.65. The zero-order chi connectivity index (χ0) is 19.5. The molecule has 1 N–H and O–H groups in total. The van der Waals surface area contributed by atoms with Crippen LogP contribution in [0.5, 0.6) is 0 Å². The van der Waals surface area contributed by atoms with E-state index in [4.69, 9.17) is 0 Å². The standard InChI is InChI=1S/C19H15FN6OS/c1-2-26-17(23-24-25-26)13-4-3-5-14(10-13)18(27)22-19-21-16(11-28-19)12-6-8-15(20)9-7-12/h3-11H,2H2,1H3,(H,21,22,27). The van der Waals surface area contributed by atoms with Crippen molar-refractivity contribution in [2.24, 2.45) is 0 Å². The fraction of sp³-hybridized carbons (Fsp3) is 0.105. The lowest BCUT2D eigenvalue weighted by Gasteiger charge is -2.05. The third kappa shape index (κ3) is 3.65. The topological polar surface area (TPSA) is 85.6 Å². The molecule has 0 unspecified atom stereocenters. The maximum atomic E-state index is 13.1. The summed E-state index contributed by atoms with van der Waals surface area (Å²) in [5, 5.41) is 16.7. The van der Waals surface area contributed by atoms with Crippen molar-refractivity contribution < 1.29 is 9.18 Å². The summed E-state index contributed by atoms with van der Waals surface area (Å²) in [6, 6.07) is 13.1. The molecule has 1 amide bonds. The number of tetrazole rings is 1. The Hall–Kier alpha value is -3.46. The van der Waals surface area contributed by atoms with Gasteiger partial charge in [-0.05, 0) is 53.7 Å². The molecule has 140 valence electrons. The van der Waals surface area contributed by atoms with E-state index in [0.717, 1.165) is 11.1 Å². The fourth-order valence-electron chi connectivity index (χ4n) is 2.68. The van der Waals surface area contributed by atoms with Crippen molar-refractivity contribution in [2.45, 2.75) is 13.5 Å². The Kier molecular flexibility index (Phi) is 4.90. The van der Waals surface area contributed by atoms with E-state index in [1.807, 2.05) is 18.4 Å². The third-order valence-electron chi connectivity index (χ3n) is 4.08. The number of carbonyl (C=O) groups excluding carboxylic acids is 1. The zero-order valence-electron chi connectivity index (χ0n) is 14.8. The van der Waals surface area contributed by atoms with E-state index in [2.05, 4.69) is 25.8 Å². The zero-order valence-corrected chi connectivity index (χ0v) is 15.7. The first-order chi connectivity index (χ1) is 13.6. The number of aryl methyl sites for hydroxylation is 1.